The van der Waals surface area contributed by atoms with Crippen LogP contribution < -0.4 is 29.7 Å². The molecule has 2 N–H and O–H groups in total. The molecule has 3 amide bonds. The van der Waals surface area contributed by atoms with Crippen LogP contribution in [0.25, 0.3) is 0 Å². The van der Waals surface area contributed by atoms with Crippen molar-refractivity contribution in [1.29, 1.82) is 0 Å². The van der Waals surface area contributed by atoms with Crippen molar-refractivity contribution in [3.05, 3.63) is 34.3 Å². The number of fused-ring (bicyclic) bond motifs is 1. The van der Waals surface area contributed by atoms with Gasteiger partial charge in [0.15, 0.2) is 11.5 Å². The highest BCUT2D eigenvalue weighted by Gasteiger charge is 2.26. The summed E-state index contributed by atoms with van der Waals surface area (Å²) in [6, 6.07) is 6.53. The fourth-order valence-corrected chi connectivity index (χ4v) is 3.86. The number of urea groups is 1. The van der Waals surface area contributed by atoms with Crippen molar-refractivity contribution < 1.29 is 23.8 Å². The predicted molar refractivity (Wildman–Crippen MR) is 115 cm³/mol. The van der Waals surface area contributed by atoms with E-state index in [0.717, 1.165) is 22.1 Å². The first kappa shape index (κ1) is 20.8. The molecular formula is C20H22BrN3O5. The average Bonchev–Trinajstić information content (AvgIpc) is 3.11. The Morgan fingerprint density at radius 3 is 2.21 bits per heavy atom. The number of rotatable bonds is 5. The van der Waals surface area contributed by atoms with Gasteiger partial charge in [0, 0.05) is 30.1 Å². The van der Waals surface area contributed by atoms with Gasteiger partial charge in [0.1, 0.15) is 0 Å². The van der Waals surface area contributed by atoms with Gasteiger partial charge in [-0.15, -0.1) is 0 Å². The molecule has 0 bridgehead atoms. The van der Waals surface area contributed by atoms with E-state index in [1.54, 1.807) is 23.1 Å². The van der Waals surface area contributed by atoms with Crippen molar-refractivity contribution in [1.82, 2.24) is 0 Å². The Bertz CT molecular complexity index is 938. The summed E-state index contributed by atoms with van der Waals surface area (Å²) < 4.78 is 16.7. The molecule has 1 heterocycles. The topological polar surface area (TPSA) is 89.1 Å². The van der Waals surface area contributed by atoms with Crippen molar-refractivity contribution in [3.8, 4) is 17.2 Å². The molecule has 154 valence electrons. The quantitative estimate of drug-likeness (QED) is 0.698. The van der Waals surface area contributed by atoms with Crippen molar-refractivity contribution in [2.24, 2.45) is 0 Å². The lowest BCUT2D eigenvalue weighted by Crippen LogP contribution is -2.28. The van der Waals surface area contributed by atoms with Gasteiger partial charge in [-0.05, 0) is 24.1 Å². The maximum absolute atomic E-state index is 12.7. The van der Waals surface area contributed by atoms with E-state index in [-0.39, 0.29) is 5.91 Å². The number of anilines is 3. The molecule has 0 saturated carbocycles. The van der Waals surface area contributed by atoms with E-state index in [9.17, 15) is 9.59 Å². The normalized spacial score (nSPS) is 12.2. The highest BCUT2D eigenvalue weighted by atomic mass is 79.9. The van der Waals surface area contributed by atoms with Crippen LogP contribution in [-0.4, -0.2) is 39.8 Å². The van der Waals surface area contributed by atoms with Gasteiger partial charge in [-0.1, -0.05) is 15.9 Å². The lowest BCUT2D eigenvalue weighted by Gasteiger charge is -2.20. The number of ether oxygens (including phenoxy) is 3. The van der Waals surface area contributed by atoms with Gasteiger partial charge in [-0.25, -0.2) is 4.79 Å². The zero-order valence-corrected chi connectivity index (χ0v) is 18.2. The van der Waals surface area contributed by atoms with E-state index < -0.39 is 6.03 Å². The van der Waals surface area contributed by atoms with Gasteiger partial charge in [0.2, 0.25) is 11.7 Å². The number of nitrogens with one attached hydrogen (secondary N) is 2. The second-order valence-corrected chi connectivity index (χ2v) is 7.29. The maximum atomic E-state index is 12.7. The monoisotopic (exact) mass is 463 g/mol. The fourth-order valence-electron chi connectivity index (χ4n) is 3.36. The zero-order valence-electron chi connectivity index (χ0n) is 16.6. The van der Waals surface area contributed by atoms with Gasteiger partial charge in [-0.3, -0.25) is 4.79 Å². The van der Waals surface area contributed by atoms with Crippen LogP contribution in [0.4, 0.5) is 21.9 Å². The van der Waals surface area contributed by atoms with Crippen LogP contribution in [-0.2, 0) is 11.2 Å². The number of amides is 3. The summed E-state index contributed by atoms with van der Waals surface area (Å²) in [5, 5.41) is 5.59. The Kier molecular flexibility index (Phi) is 6.17. The lowest BCUT2D eigenvalue weighted by atomic mass is 10.1. The number of hydrogen-bond acceptors (Lipinski definition) is 5. The molecule has 1 aliphatic heterocycles. The van der Waals surface area contributed by atoms with Crippen molar-refractivity contribution >= 4 is 44.9 Å². The number of carbonyl (C=O) groups excluding carboxylic acids is 2. The first-order chi connectivity index (χ1) is 13.9. The van der Waals surface area contributed by atoms with Gasteiger partial charge >= 0.3 is 6.03 Å². The Balaban J connectivity index is 1.87. The van der Waals surface area contributed by atoms with Gasteiger partial charge < -0.3 is 29.7 Å². The highest BCUT2D eigenvalue weighted by Crippen LogP contribution is 2.41. The van der Waals surface area contributed by atoms with Crippen LogP contribution in [0.5, 0.6) is 17.2 Å². The maximum Gasteiger partial charge on any atom is 0.323 e. The Morgan fingerprint density at radius 2 is 1.66 bits per heavy atom. The molecule has 3 rings (SSSR count). The Hall–Kier alpha value is -2.94. The summed E-state index contributed by atoms with van der Waals surface area (Å²) in [7, 11) is 4.51. The zero-order chi connectivity index (χ0) is 21.1. The van der Waals surface area contributed by atoms with Gasteiger partial charge in [0.25, 0.3) is 0 Å². The second-order valence-electron chi connectivity index (χ2n) is 6.37. The molecule has 9 heteroatoms. The third-order valence-electron chi connectivity index (χ3n) is 4.58. The number of nitrogens with zero attached hydrogens (tertiary/aromatic N) is 1. The molecular weight excluding hydrogens is 442 g/mol. The third-order valence-corrected chi connectivity index (χ3v) is 5.04. The van der Waals surface area contributed by atoms with Crippen molar-refractivity contribution in [2.45, 2.75) is 13.3 Å². The second kappa shape index (κ2) is 8.60. The first-order valence-electron chi connectivity index (χ1n) is 8.86. The minimum Gasteiger partial charge on any atom is -0.493 e. The number of halogens is 1. The highest BCUT2D eigenvalue weighted by molar-refractivity contribution is 9.10. The van der Waals surface area contributed by atoms with Crippen LogP contribution in [0.15, 0.2) is 28.7 Å². The average molecular weight is 464 g/mol. The molecule has 29 heavy (non-hydrogen) atoms. The molecule has 0 spiro atoms. The molecule has 1 aliphatic rings. The van der Waals surface area contributed by atoms with Crippen LogP contribution in [0.1, 0.15) is 12.5 Å². The molecule has 0 aromatic heterocycles. The van der Waals surface area contributed by atoms with E-state index in [2.05, 4.69) is 26.6 Å². The summed E-state index contributed by atoms with van der Waals surface area (Å²) in [5.41, 5.74) is 2.73. The molecule has 2 aromatic rings. The van der Waals surface area contributed by atoms with Gasteiger partial charge in [0.05, 0.1) is 38.4 Å². The van der Waals surface area contributed by atoms with E-state index in [1.165, 1.54) is 28.3 Å². The molecule has 0 aliphatic carbocycles. The van der Waals surface area contributed by atoms with E-state index in [4.69, 9.17) is 14.2 Å². The van der Waals surface area contributed by atoms with E-state index in [1.807, 2.05) is 6.07 Å². The van der Waals surface area contributed by atoms with Crippen LogP contribution >= 0.6 is 15.9 Å². The molecule has 0 unspecified atom stereocenters. The molecule has 0 saturated heterocycles. The summed E-state index contributed by atoms with van der Waals surface area (Å²) in [5.74, 6) is 1.21. The number of benzene rings is 2. The summed E-state index contributed by atoms with van der Waals surface area (Å²) in [4.78, 5) is 26.3. The molecule has 2 aromatic carbocycles. The number of methoxy groups -OCH3 is 3. The van der Waals surface area contributed by atoms with E-state index in [0.29, 0.717) is 35.2 Å². The lowest BCUT2D eigenvalue weighted by molar-refractivity contribution is -0.116. The minimum atomic E-state index is -0.463. The first-order valence-corrected chi connectivity index (χ1v) is 9.65. The Morgan fingerprint density at radius 1 is 1.00 bits per heavy atom. The predicted octanol–water partition coefficient (Wildman–Crippen LogP) is 4.03. The SMILES string of the molecule is COc1cc(NC(=O)Nc2cc(Br)cc3c2N(C(C)=O)CC3)cc(OC)c1OC. The molecule has 8 nitrogen and oxygen atoms in total. The van der Waals surface area contributed by atoms with Gasteiger partial charge in [-0.2, -0.15) is 0 Å². The fraction of sp³-hybridized carbons (Fsp3) is 0.300. The Labute approximate surface area is 177 Å². The van der Waals surface area contributed by atoms with Crippen molar-refractivity contribution in [3.63, 3.8) is 0 Å². The summed E-state index contributed by atoms with van der Waals surface area (Å²) in [6.45, 7) is 2.10. The standard InChI is InChI=1S/C20H22BrN3O5/c1-11(25)24-6-5-12-7-13(21)8-15(18(12)24)23-20(26)22-14-9-16(27-2)19(29-4)17(10-14)28-3/h7-10H,5-6H2,1-4H3,(H2,22,23,26). The summed E-state index contributed by atoms with van der Waals surface area (Å²) >= 11 is 3.46. The third kappa shape index (κ3) is 4.24. The molecule has 0 fully saturated rings. The number of hydrogen-bond donors (Lipinski definition) is 2. The van der Waals surface area contributed by atoms with Crippen LogP contribution in [0.2, 0.25) is 0 Å². The van der Waals surface area contributed by atoms with E-state index >= 15 is 0 Å². The minimum absolute atomic E-state index is 0.0702. The van der Waals surface area contributed by atoms with Crippen molar-refractivity contribution in [2.75, 3.05) is 43.4 Å². The summed E-state index contributed by atoms with van der Waals surface area (Å²) in [6.07, 6.45) is 0.734. The smallest absolute Gasteiger partial charge is 0.323 e. The molecule has 0 atom stereocenters. The van der Waals surface area contributed by atoms with Crippen LogP contribution in [0.3, 0.4) is 0 Å². The van der Waals surface area contributed by atoms with Crippen LogP contribution in [0, 0.1) is 0 Å². The number of carbonyl (C=O) groups is 2. The largest absolute Gasteiger partial charge is 0.493 e. The molecule has 0 radical (unpaired) electrons.